The molecule has 2 rings (SSSR count). The number of carbonyl (C=O) groups excluding carboxylic acids is 1. The number of hydrogen-bond acceptors (Lipinski definition) is 4. The molecule has 2 aliphatic carbocycles. The van der Waals surface area contributed by atoms with E-state index in [-0.39, 0.29) is 36.2 Å². The molecule has 0 saturated heterocycles. The van der Waals surface area contributed by atoms with Gasteiger partial charge in [-0.1, -0.05) is 23.3 Å². The number of aliphatic hydroxyl groups is 3. The average molecular weight is 348 g/mol. The molecule has 0 aromatic carbocycles. The first-order valence-corrected chi connectivity index (χ1v) is 9.29. The van der Waals surface area contributed by atoms with Gasteiger partial charge in [0, 0.05) is 12.0 Å². The minimum atomic E-state index is -0.952. The van der Waals surface area contributed by atoms with Crippen LogP contribution in [0.5, 0.6) is 0 Å². The van der Waals surface area contributed by atoms with E-state index in [1.54, 1.807) is 0 Å². The smallest absolute Gasteiger partial charge is 0.162 e. The maximum Gasteiger partial charge on any atom is 0.162 e. The second kappa shape index (κ2) is 7.88. The lowest BCUT2D eigenvalue weighted by atomic mass is 9.76. The summed E-state index contributed by atoms with van der Waals surface area (Å²) in [5, 5.41) is 30.9. The highest BCUT2D eigenvalue weighted by atomic mass is 16.3. The predicted octanol–water partition coefficient (Wildman–Crippen LogP) is 3.99. The molecule has 0 unspecified atom stereocenters. The van der Waals surface area contributed by atoms with Gasteiger partial charge in [-0.3, -0.25) is 4.79 Å². The van der Waals surface area contributed by atoms with E-state index in [2.05, 4.69) is 32.9 Å². The van der Waals surface area contributed by atoms with Crippen molar-refractivity contribution in [3.8, 4) is 0 Å². The second-order valence-electron chi connectivity index (χ2n) is 8.12. The summed E-state index contributed by atoms with van der Waals surface area (Å²) in [5.74, 6) is -0.228. The van der Waals surface area contributed by atoms with Crippen LogP contribution < -0.4 is 0 Å². The predicted molar refractivity (Wildman–Crippen MR) is 99.2 cm³/mol. The Morgan fingerprint density at radius 1 is 1.24 bits per heavy atom. The van der Waals surface area contributed by atoms with E-state index in [0.717, 1.165) is 12.8 Å². The van der Waals surface area contributed by atoms with Crippen molar-refractivity contribution in [3.05, 3.63) is 34.6 Å². The monoisotopic (exact) mass is 348 g/mol. The van der Waals surface area contributed by atoms with Crippen LogP contribution >= 0.6 is 0 Å². The molecule has 0 heterocycles. The van der Waals surface area contributed by atoms with E-state index in [4.69, 9.17) is 0 Å². The van der Waals surface area contributed by atoms with Crippen molar-refractivity contribution >= 4 is 5.78 Å². The molecule has 2 aliphatic rings. The van der Waals surface area contributed by atoms with Crippen molar-refractivity contribution in [1.29, 1.82) is 0 Å². The summed E-state index contributed by atoms with van der Waals surface area (Å²) in [6, 6.07) is 0. The van der Waals surface area contributed by atoms with Gasteiger partial charge in [-0.15, -0.1) is 0 Å². The van der Waals surface area contributed by atoms with Gasteiger partial charge in [-0.05, 0) is 71.6 Å². The van der Waals surface area contributed by atoms with Gasteiger partial charge in [-0.25, -0.2) is 0 Å². The van der Waals surface area contributed by atoms with Crippen molar-refractivity contribution in [1.82, 2.24) is 0 Å². The molecular weight excluding hydrogens is 316 g/mol. The number of carbonyl (C=O) groups is 1. The zero-order valence-corrected chi connectivity index (χ0v) is 15.9. The normalized spacial score (nSPS) is 33.8. The number of allylic oxidation sites excluding steroid dienone is 5. The Labute approximate surface area is 151 Å². The Bertz CT molecular complexity index is 605. The molecule has 0 aliphatic heterocycles. The Hall–Kier alpha value is -1.39. The summed E-state index contributed by atoms with van der Waals surface area (Å²) in [7, 11) is 0. The highest BCUT2D eigenvalue weighted by molar-refractivity contribution is 5.96. The van der Waals surface area contributed by atoms with Gasteiger partial charge in [-0.2, -0.15) is 0 Å². The van der Waals surface area contributed by atoms with Gasteiger partial charge in [0.05, 0.1) is 5.60 Å². The zero-order chi connectivity index (χ0) is 18.8. The van der Waals surface area contributed by atoms with Crippen LogP contribution in [0.15, 0.2) is 34.6 Å². The van der Waals surface area contributed by atoms with Gasteiger partial charge in [0.1, 0.15) is 11.9 Å². The lowest BCUT2D eigenvalue weighted by Gasteiger charge is -2.32. The molecule has 0 aromatic rings. The summed E-state index contributed by atoms with van der Waals surface area (Å²) < 4.78 is 0. The number of ketones is 1. The minimum absolute atomic E-state index is 0.101. The molecule has 1 saturated carbocycles. The number of hydrogen-bond donors (Lipinski definition) is 3. The molecule has 4 atom stereocenters. The molecule has 0 spiro atoms. The fourth-order valence-corrected chi connectivity index (χ4v) is 4.14. The van der Waals surface area contributed by atoms with E-state index < -0.39 is 11.7 Å². The minimum Gasteiger partial charge on any atom is -0.509 e. The summed E-state index contributed by atoms with van der Waals surface area (Å²) in [4.78, 5) is 12.2. The van der Waals surface area contributed by atoms with Crippen LogP contribution in [0.25, 0.3) is 0 Å². The maximum absolute atomic E-state index is 12.2. The maximum atomic E-state index is 12.2. The van der Waals surface area contributed by atoms with Crippen LogP contribution in [0, 0.1) is 11.8 Å². The summed E-state index contributed by atoms with van der Waals surface area (Å²) in [6.45, 7) is 8.05. The van der Waals surface area contributed by atoms with Gasteiger partial charge in [0.2, 0.25) is 0 Å². The third kappa shape index (κ3) is 4.62. The fourth-order valence-electron chi connectivity index (χ4n) is 4.14. The fraction of sp³-hybridized carbons (Fsp3) is 0.667. The van der Waals surface area contributed by atoms with E-state index >= 15 is 0 Å². The van der Waals surface area contributed by atoms with Gasteiger partial charge < -0.3 is 15.3 Å². The highest BCUT2D eigenvalue weighted by Crippen LogP contribution is 2.47. The molecule has 0 amide bonds. The van der Waals surface area contributed by atoms with E-state index in [0.29, 0.717) is 18.4 Å². The highest BCUT2D eigenvalue weighted by Gasteiger charge is 2.45. The van der Waals surface area contributed by atoms with Gasteiger partial charge in [0.25, 0.3) is 0 Å². The lowest BCUT2D eigenvalue weighted by molar-refractivity contribution is -0.117. The van der Waals surface area contributed by atoms with Crippen LogP contribution in [-0.2, 0) is 4.79 Å². The van der Waals surface area contributed by atoms with Gasteiger partial charge in [0.15, 0.2) is 5.78 Å². The average Bonchev–Trinajstić information content (AvgIpc) is 2.82. The summed E-state index contributed by atoms with van der Waals surface area (Å²) in [6.07, 6.45) is 6.69. The molecule has 0 bridgehead atoms. The lowest BCUT2D eigenvalue weighted by Crippen LogP contribution is -2.35. The largest absolute Gasteiger partial charge is 0.509 e. The van der Waals surface area contributed by atoms with Crippen molar-refractivity contribution in [2.24, 2.45) is 11.8 Å². The number of aliphatic hydroxyl groups excluding tert-OH is 2. The van der Waals surface area contributed by atoms with Crippen molar-refractivity contribution in [3.63, 3.8) is 0 Å². The quantitative estimate of drug-likeness (QED) is 0.657. The molecule has 3 N–H and O–H groups in total. The molecule has 140 valence electrons. The van der Waals surface area contributed by atoms with E-state index in [9.17, 15) is 20.1 Å². The Morgan fingerprint density at radius 2 is 1.92 bits per heavy atom. The zero-order valence-electron chi connectivity index (χ0n) is 15.9. The molecule has 0 aromatic heterocycles. The van der Waals surface area contributed by atoms with Gasteiger partial charge >= 0.3 is 0 Å². The summed E-state index contributed by atoms with van der Waals surface area (Å²) >= 11 is 0. The van der Waals surface area contributed by atoms with Crippen molar-refractivity contribution in [2.75, 3.05) is 0 Å². The summed E-state index contributed by atoms with van der Waals surface area (Å²) in [5.41, 5.74) is 1.94. The topological polar surface area (TPSA) is 77.8 Å². The van der Waals surface area contributed by atoms with Crippen LogP contribution in [0.4, 0.5) is 0 Å². The second-order valence-corrected chi connectivity index (χ2v) is 8.12. The van der Waals surface area contributed by atoms with Crippen LogP contribution in [0.1, 0.15) is 66.2 Å². The van der Waals surface area contributed by atoms with Crippen LogP contribution in [0.3, 0.4) is 0 Å². The SMILES string of the molecule is CC(C)=CC/C=C(\C)[C@@H]1CC[C@](C)(O)[C@H]1CC1=C(O)[C@H](O)CCC1=O. The number of rotatable bonds is 5. The molecule has 0 radical (unpaired) electrons. The first kappa shape index (κ1) is 19.9. The third-order valence-electron chi connectivity index (χ3n) is 5.83. The van der Waals surface area contributed by atoms with Crippen LogP contribution in [0.2, 0.25) is 0 Å². The molecule has 4 heteroatoms. The Morgan fingerprint density at radius 3 is 2.56 bits per heavy atom. The number of Topliss-reactive ketones (excluding diaryl/α,β-unsaturated/α-hetero) is 1. The third-order valence-corrected chi connectivity index (χ3v) is 5.83. The van der Waals surface area contributed by atoms with E-state index in [1.165, 1.54) is 11.1 Å². The first-order valence-electron chi connectivity index (χ1n) is 9.29. The van der Waals surface area contributed by atoms with E-state index in [1.807, 2.05) is 6.92 Å². The van der Waals surface area contributed by atoms with Crippen molar-refractivity contribution < 1.29 is 20.1 Å². The van der Waals surface area contributed by atoms with Crippen LogP contribution in [-0.4, -0.2) is 32.8 Å². The molecule has 25 heavy (non-hydrogen) atoms. The Balaban J connectivity index is 2.24. The molecule has 4 nitrogen and oxygen atoms in total. The standard InChI is InChI=1S/C21H32O4/c1-13(2)6-5-7-14(3)15-10-11-21(4,25)17(15)12-16-18(22)8-9-19(23)20(16)24/h6-7,15,17,19,23-25H,5,8-12H2,1-4H3/b14-7+/t15-,17-,19+,21-/m0/s1. The Kier molecular flexibility index (Phi) is 6.28. The molecular formula is C21H32O4. The molecule has 1 fully saturated rings. The first-order chi connectivity index (χ1) is 11.6. The van der Waals surface area contributed by atoms with Crippen molar-refractivity contribution in [2.45, 2.75) is 77.9 Å².